The van der Waals surface area contributed by atoms with Gasteiger partial charge in [-0.25, -0.2) is 13.2 Å². The number of benzene rings is 2. The third kappa shape index (κ3) is 3.92. The molecule has 3 heterocycles. The van der Waals surface area contributed by atoms with Gasteiger partial charge in [-0.3, -0.25) is 9.59 Å². The lowest BCUT2D eigenvalue weighted by Crippen LogP contribution is -2.33. The molecule has 0 radical (unpaired) electrons. The van der Waals surface area contributed by atoms with Crippen LogP contribution in [0.15, 0.2) is 71.7 Å². The number of nitrogens with one attached hydrogen (secondary N) is 2. The molecule has 190 valence electrons. The molecule has 4 aliphatic rings. The molecule has 3 aliphatic heterocycles. The van der Waals surface area contributed by atoms with Crippen molar-refractivity contribution in [2.75, 3.05) is 23.4 Å². The molecule has 2 N–H and O–H groups in total. The first-order valence-electron chi connectivity index (χ1n) is 11.9. The van der Waals surface area contributed by atoms with Crippen molar-refractivity contribution in [1.29, 1.82) is 0 Å². The Bertz CT molecular complexity index is 1790. The lowest BCUT2D eigenvalue weighted by Gasteiger charge is -2.27. The summed E-state index contributed by atoms with van der Waals surface area (Å²) in [4.78, 5) is 32.8. The molecule has 0 spiro atoms. The van der Waals surface area contributed by atoms with Crippen LogP contribution in [-0.4, -0.2) is 24.5 Å². The van der Waals surface area contributed by atoms with Gasteiger partial charge in [0.15, 0.2) is 0 Å². The smallest absolute Gasteiger partial charge is 0.258 e. The summed E-state index contributed by atoms with van der Waals surface area (Å²) < 4.78 is 41.3. The normalized spacial score (nSPS) is 13.9. The maximum Gasteiger partial charge on any atom is 0.258 e. The highest BCUT2D eigenvalue weighted by atomic mass is 19.1. The van der Waals surface area contributed by atoms with Gasteiger partial charge in [-0.15, -0.1) is 0 Å². The van der Waals surface area contributed by atoms with Gasteiger partial charge >= 0.3 is 0 Å². The Morgan fingerprint density at radius 2 is 1.76 bits per heavy atom. The zero-order valence-corrected chi connectivity index (χ0v) is 20.2. The predicted molar refractivity (Wildman–Crippen MR) is 140 cm³/mol. The average Bonchev–Trinajstić information content (AvgIpc) is 3.10. The van der Waals surface area contributed by atoms with E-state index in [1.165, 1.54) is 12.1 Å². The van der Waals surface area contributed by atoms with Crippen molar-refractivity contribution in [2.24, 2.45) is 0 Å². The third-order valence-corrected chi connectivity index (χ3v) is 6.80. The zero-order chi connectivity index (χ0) is 26.6. The summed E-state index contributed by atoms with van der Waals surface area (Å²) in [6.07, 6.45) is 4.96. The Morgan fingerprint density at radius 3 is 2.55 bits per heavy atom. The van der Waals surface area contributed by atoms with Gasteiger partial charge in [0.2, 0.25) is 5.91 Å². The van der Waals surface area contributed by atoms with Crippen LogP contribution in [0.3, 0.4) is 0 Å². The van der Waals surface area contributed by atoms with E-state index in [0.29, 0.717) is 39.6 Å². The Hall–Kier alpha value is -4.79. The first-order chi connectivity index (χ1) is 18.3. The van der Waals surface area contributed by atoms with Crippen LogP contribution >= 0.6 is 0 Å². The van der Waals surface area contributed by atoms with Crippen LogP contribution in [0.25, 0.3) is 22.9 Å². The number of amides is 1. The molecule has 0 saturated carbocycles. The molecule has 0 bridgehead atoms. The SMILES string of the molecule is CN1C=CC(NC(=O)Cc2cc(F)ccc2F)=c2ccc3c4c([nH]c(=O)c-4c21)=CCN3c1ccc(F)cc1. The first-order valence-corrected chi connectivity index (χ1v) is 11.9. The van der Waals surface area contributed by atoms with Crippen molar-refractivity contribution in [3.63, 3.8) is 0 Å². The summed E-state index contributed by atoms with van der Waals surface area (Å²) in [5.74, 6) is -2.18. The number of carbonyl (C=O) groups excluding carboxylic acids is 1. The zero-order valence-electron chi connectivity index (χ0n) is 20.2. The van der Waals surface area contributed by atoms with E-state index in [2.05, 4.69) is 10.3 Å². The lowest BCUT2D eigenvalue weighted by atomic mass is 10.0. The molecule has 2 aromatic rings. The molecule has 9 heteroatoms. The standard InChI is InChI=1S/C29H21F3N4O2/c1-35-12-10-22(33-25(37)15-16-14-18(31)4-8-21(16)32)20-7-9-24-26-23(34-29(38)27(26)28(20)35)11-13-36(24)19-5-2-17(30)3-6-19/h2-12,14H,13,15H2,1H3,(H,33,37)(H,34,38). The fraction of sp³-hybridized carbons (Fsp3) is 0.103. The van der Waals surface area contributed by atoms with Gasteiger partial charge in [0, 0.05) is 47.2 Å². The minimum Gasteiger partial charge on any atom is -0.350 e. The summed E-state index contributed by atoms with van der Waals surface area (Å²) in [6, 6.07) is 12.8. The van der Waals surface area contributed by atoms with E-state index in [0.717, 1.165) is 29.6 Å². The number of fused-ring (bicyclic) bond motifs is 2. The Morgan fingerprint density at radius 1 is 1.00 bits per heavy atom. The van der Waals surface area contributed by atoms with E-state index in [4.69, 9.17) is 0 Å². The number of nitrogens with zero attached hydrogens (tertiary/aromatic N) is 2. The van der Waals surface area contributed by atoms with Crippen LogP contribution in [0, 0.1) is 17.5 Å². The van der Waals surface area contributed by atoms with Gasteiger partial charge in [-0.2, -0.15) is 0 Å². The van der Waals surface area contributed by atoms with Crippen LogP contribution in [0.1, 0.15) is 5.56 Å². The number of carbonyl (C=O) groups is 1. The minimum absolute atomic E-state index is 0.0583. The van der Waals surface area contributed by atoms with Crippen LogP contribution < -0.4 is 31.2 Å². The van der Waals surface area contributed by atoms with E-state index < -0.39 is 17.5 Å². The van der Waals surface area contributed by atoms with Crippen LogP contribution in [0.4, 0.5) is 30.2 Å². The lowest BCUT2D eigenvalue weighted by molar-refractivity contribution is -0.119. The van der Waals surface area contributed by atoms with Crippen LogP contribution in [-0.2, 0) is 11.2 Å². The van der Waals surface area contributed by atoms with E-state index >= 15 is 0 Å². The largest absolute Gasteiger partial charge is 0.350 e. The van der Waals surface area contributed by atoms with Crippen molar-refractivity contribution in [1.82, 2.24) is 10.3 Å². The van der Waals surface area contributed by atoms with Crippen molar-refractivity contribution < 1.29 is 18.0 Å². The van der Waals surface area contributed by atoms with Crippen LogP contribution in [0.5, 0.6) is 0 Å². The topological polar surface area (TPSA) is 68.4 Å². The predicted octanol–water partition coefficient (Wildman–Crippen LogP) is 3.26. The second-order valence-electron chi connectivity index (χ2n) is 9.19. The number of H-pyrrole nitrogens is 1. The molecule has 6 nitrogen and oxygen atoms in total. The Kier molecular flexibility index (Phi) is 5.56. The van der Waals surface area contributed by atoms with Crippen LogP contribution in [0.2, 0.25) is 0 Å². The fourth-order valence-corrected chi connectivity index (χ4v) is 5.06. The molecule has 38 heavy (non-hydrogen) atoms. The molecular formula is C29H21F3N4O2. The third-order valence-electron chi connectivity index (χ3n) is 6.80. The maximum absolute atomic E-state index is 14.1. The highest BCUT2D eigenvalue weighted by molar-refractivity contribution is 5.95. The Balaban J connectivity index is 1.50. The molecule has 0 saturated heterocycles. The monoisotopic (exact) mass is 514 g/mol. The number of rotatable bonds is 4. The van der Waals surface area contributed by atoms with Crippen molar-refractivity contribution in [2.45, 2.75) is 6.42 Å². The van der Waals surface area contributed by atoms with Gasteiger partial charge in [0.1, 0.15) is 17.5 Å². The summed E-state index contributed by atoms with van der Waals surface area (Å²) in [5, 5.41) is 4.07. The van der Waals surface area contributed by atoms with E-state index in [9.17, 15) is 22.8 Å². The van der Waals surface area contributed by atoms with Gasteiger partial charge in [0.25, 0.3) is 5.56 Å². The molecule has 1 amide bonds. The highest BCUT2D eigenvalue weighted by Crippen LogP contribution is 2.37. The van der Waals surface area contributed by atoms with Gasteiger partial charge in [0.05, 0.1) is 29.1 Å². The molecular weight excluding hydrogens is 493 g/mol. The van der Waals surface area contributed by atoms with Crippen molar-refractivity contribution in [3.8, 4) is 11.1 Å². The maximum atomic E-state index is 14.1. The number of aromatic amines is 1. The number of aromatic nitrogens is 1. The average molecular weight is 515 g/mol. The van der Waals surface area contributed by atoms with E-state index in [1.54, 1.807) is 36.4 Å². The molecule has 0 aromatic heterocycles. The summed E-state index contributed by atoms with van der Waals surface area (Å²) >= 11 is 0. The van der Waals surface area contributed by atoms with Crippen molar-refractivity contribution >= 4 is 34.7 Å². The summed E-state index contributed by atoms with van der Waals surface area (Å²) in [7, 11) is 1.80. The fourth-order valence-electron chi connectivity index (χ4n) is 5.06. The van der Waals surface area contributed by atoms with E-state index in [-0.39, 0.29) is 23.4 Å². The first kappa shape index (κ1) is 23.6. The second kappa shape index (κ2) is 8.95. The molecule has 6 rings (SSSR count). The highest BCUT2D eigenvalue weighted by Gasteiger charge is 2.28. The molecule has 2 aromatic carbocycles. The second-order valence-corrected chi connectivity index (χ2v) is 9.19. The van der Waals surface area contributed by atoms with E-state index in [1.807, 2.05) is 23.1 Å². The summed E-state index contributed by atoms with van der Waals surface area (Å²) in [5.41, 5.74) is 3.32. The minimum atomic E-state index is -0.671. The quantitative estimate of drug-likeness (QED) is 0.439. The number of halogens is 3. The molecule has 0 fully saturated rings. The Labute approximate surface area is 215 Å². The number of hydrogen-bond donors (Lipinski definition) is 2. The number of hydrogen-bond acceptors (Lipinski definition) is 4. The van der Waals surface area contributed by atoms with Gasteiger partial charge in [-0.05, 0) is 66.7 Å². The number of anilines is 3. The van der Waals surface area contributed by atoms with Crippen molar-refractivity contribution in [3.05, 3.63) is 111 Å². The van der Waals surface area contributed by atoms with Gasteiger partial charge < -0.3 is 20.1 Å². The summed E-state index contributed by atoms with van der Waals surface area (Å²) in [6.45, 7) is 0.461. The molecule has 0 unspecified atom stereocenters. The molecule has 1 aliphatic carbocycles. The molecule has 0 atom stereocenters. The van der Waals surface area contributed by atoms with Gasteiger partial charge in [-0.1, -0.05) is 0 Å².